The zero-order valence-electron chi connectivity index (χ0n) is 16.3. The number of ether oxygens (including phenoxy) is 1. The number of benzene rings is 1. The molecule has 2 bridgehead atoms. The molecule has 1 N–H and O–H groups in total. The first-order valence-electron chi connectivity index (χ1n) is 9.88. The Hall–Kier alpha value is -2.41. The van der Waals surface area contributed by atoms with Crippen molar-refractivity contribution in [1.82, 2.24) is 4.90 Å². The summed E-state index contributed by atoms with van der Waals surface area (Å²) in [6.45, 7) is 2.73. The number of likely N-dealkylation sites (tertiary alicyclic amines) is 1. The highest BCUT2D eigenvalue weighted by atomic mass is 35.5. The molecule has 3 amide bonds. The summed E-state index contributed by atoms with van der Waals surface area (Å²) in [7, 11) is 0. The second-order valence-electron chi connectivity index (χ2n) is 8.18. The van der Waals surface area contributed by atoms with Crippen molar-refractivity contribution in [1.29, 1.82) is 0 Å². The monoisotopic (exact) mass is 418 g/mol. The second-order valence-corrected chi connectivity index (χ2v) is 8.58. The van der Waals surface area contributed by atoms with Gasteiger partial charge in [-0.15, -0.1) is 0 Å². The number of carbonyl (C=O) groups is 4. The molecule has 1 saturated heterocycles. The summed E-state index contributed by atoms with van der Waals surface area (Å²) in [6.07, 6.45) is 2.88. The Kier molecular flexibility index (Phi) is 5.11. The van der Waals surface area contributed by atoms with Crippen LogP contribution in [0.5, 0.6) is 0 Å². The average Bonchev–Trinajstić information content (AvgIpc) is 3.37. The number of rotatable bonds is 5. The van der Waals surface area contributed by atoms with Gasteiger partial charge in [-0.3, -0.25) is 19.3 Å². The second kappa shape index (κ2) is 7.44. The number of nitrogens with zero attached hydrogens (tertiary/aromatic N) is 1. The highest BCUT2D eigenvalue weighted by molar-refractivity contribution is 6.31. The van der Waals surface area contributed by atoms with E-state index in [-0.39, 0.29) is 35.5 Å². The minimum Gasteiger partial charge on any atom is -0.454 e. The van der Waals surface area contributed by atoms with E-state index in [1.54, 1.807) is 25.1 Å². The number of esters is 1. The van der Waals surface area contributed by atoms with Gasteiger partial charge in [0.15, 0.2) is 6.61 Å². The molecule has 0 aromatic heterocycles. The molecule has 0 radical (unpaired) electrons. The van der Waals surface area contributed by atoms with Gasteiger partial charge in [-0.05, 0) is 62.6 Å². The zero-order chi connectivity index (χ0) is 20.9. The van der Waals surface area contributed by atoms with Crippen molar-refractivity contribution in [2.75, 3.05) is 11.9 Å². The molecule has 154 valence electrons. The van der Waals surface area contributed by atoms with Gasteiger partial charge in [0.05, 0.1) is 11.8 Å². The molecule has 0 spiro atoms. The molecule has 3 fully saturated rings. The molecule has 0 unspecified atom stereocenters. The van der Waals surface area contributed by atoms with Gasteiger partial charge < -0.3 is 10.1 Å². The molecule has 1 aliphatic heterocycles. The van der Waals surface area contributed by atoms with E-state index < -0.39 is 24.5 Å². The topological polar surface area (TPSA) is 92.8 Å². The maximum Gasteiger partial charge on any atom is 0.329 e. The molecule has 8 heteroatoms. The van der Waals surface area contributed by atoms with Crippen LogP contribution in [0.4, 0.5) is 5.69 Å². The molecule has 2 aliphatic carbocycles. The minimum atomic E-state index is -1.04. The maximum atomic E-state index is 12.8. The van der Waals surface area contributed by atoms with E-state index >= 15 is 0 Å². The standard InChI is InChI=1S/C21H23ClN2O5/c1-10-14(22)4-3-5-15(10)23-16(25)9-29-21(28)11(2)24-19(26)17-12-6-7-13(8-12)18(17)20(24)27/h3-5,11-13,17-18H,6-9H2,1-2H3,(H,23,25)/t11-,12-,13-,17+,18+/m1/s1. The molecule has 2 saturated carbocycles. The predicted molar refractivity (Wildman–Crippen MR) is 105 cm³/mol. The summed E-state index contributed by atoms with van der Waals surface area (Å²) in [5, 5.41) is 3.15. The van der Waals surface area contributed by atoms with Crippen LogP contribution in [0.15, 0.2) is 18.2 Å². The van der Waals surface area contributed by atoms with E-state index in [0.29, 0.717) is 16.3 Å². The summed E-state index contributed by atoms with van der Waals surface area (Å²) in [6, 6.07) is 4.06. The van der Waals surface area contributed by atoms with Crippen LogP contribution in [0.3, 0.4) is 0 Å². The molecular weight excluding hydrogens is 396 g/mol. The molecule has 7 nitrogen and oxygen atoms in total. The van der Waals surface area contributed by atoms with Crippen molar-refractivity contribution in [3.63, 3.8) is 0 Å². The summed E-state index contributed by atoms with van der Waals surface area (Å²) >= 11 is 6.03. The van der Waals surface area contributed by atoms with Crippen LogP contribution >= 0.6 is 11.6 Å². The van der Waals surface area contributed by atoms with E-state index in [4.69, 9.17) is 16.3 Å². The van der Waals surface area contributed by atoms with Gasteiger partial charge in [0, 0.05) is 10.7 Å². The lowest BCUT2D eigenvalue weighted by molar-refractivity contribution is -0.159. The fourth-order valence-electron chi connectivity index (χ4n) is 5.11. The predicted octanol–water partition coefficient (Wildman–Crippen LogP) is 2.55. The number of amides is 3. The van der Waals surface area contributed by atoms with Crippen molar-refractivity contribution in [3.05, 3.63) is 28.8 Å². The first kappa shape index (κ1) is 19.9. The van der Waals surface area contributed by atoms with Gasteiger partial charge in [0.25, 0.3) is 5.91 Å². The van der Waals surface area contributed by atoms with Crippen molar-refractivity contribution in [2.24, 2.45) is 23.7 Å². The fraction of sp³-hybridized carbons (Fsp3) is 0.524. The van der Waals surface area contributed by atoms with Crippen LogP contribution in [0, 0.1) is 30.6 Å². The lowest BCUT2D eigenvalue weighted by Gasteiger charge is -2.23. The molecule has 4 rings (SSSR count). The Balaban J connectivity index is 1.35. The zero-order valence-corrected chi connectivity index (χ0v) is 17.1. The summed E-state index contributed by atoms with van der Waals surface area (Å²) in [5.74, 6) is -1.90. The number of carbonyl (C=O) groups excluding carboxylic acids is 4. The molecule has 3 aliphatic rings. The Bertz CT molecular complexity index is 873. The largest absolute Gasteiger partial charge is 0.454 e. The molecular formula is C21H23ClN2O5. The van der Waals surface area contributed by atoms with E-state index in [2.05, 4.69) is 5.32 Å². The van der Waals surface area contributed by atoms with Gasteiger partial charge in [-0.1, -0.05) is 17.7 Å². The number of imide groups is 1. The Morgan fingerprint density at radius 2 is 1.83 bits per heavy atom. The third kappa shape index (κ3) is 3.31. The SMILES string of the molecule is Cc1c(Cl)cccc1NC(=O)COC(=O)[C@@H](C)N1C(=O)[C@H]2[C@@H]3CC[C@H](C3)[C@@H]2C1=O. The number of hydrogen-bond donors (Lipinski definition) is 1. The van der Waals surface area contributed by atoms with E-state index in [1.807, 2.05) is 0 Å². The van der Waals surface area contributed by atoms with Crippen molar-refractivity contribution in [2.45, 2.75) is 39.2 Å². The normalized spacial score (nSPS) is 28.4. The number of halogens is 1. The number of fused-ring (bicyclic) bond motifs is 5. The third-order valence-corrected chi connectivity index (χ3v) is 6.99. The summed E-state index contributed by atoms with van der Waals surface area (Å²) < 4.78 is 5.08. The summed E-state index contributed by atoms with van der Waals surface area (Å²) in [4.78, 5) is 51.2. The van der Waals surface area contributed by atoms with Crippen LogP contribution in [-0.4, -0.2) is 41.2 Å². The van der Waals surface area contributed by atoms with Gasteiger partial charge in [-0.25, -0.2) is 4.79 Å². The van der Waals surface area contributed by atoms with E-state index in [9.17, 15) is 19.2 Å². The Morgan fingerprint density at radius 1 is 1.21 bits per heavy atom. The fourth-order valence-corrected chi connectivity index (χ4v) is 5.28. The molecule has 29 heavy (non-hydrogen) atoms. The summed E-state index contributed by atoms with van der Waals surface area (Å²) in [5.41, 5.74) is 1.23. The minimum absolute atomic E-state index is 0.251. The van der Waals surface area contributed by atoms with Gasteiger partial charge in [0.2, 0.25) is 11.8 Å². The number of hydrogen-bond acceptors (Lipinski definition) is 5. The lowest BCUT2D eigenvalue weighted by Crippen LogP contribution is -2.45. The van der Waals surface area contributed by atoms with Crippen LogP contribution in [-0.2, 0) is 23.9 Å². The third-order valence-electron chi connectivity index (χ3n) is 6.58. The quantitative estimate of drug-likeness (QED) is 0.586. The van der Waals surface area contributed by atoms with Crippen molar-refractivity contribution >= 4 is 41.0 Å². The van der Waals surface area contributed by atoms with Crippen molar-refractivity contribution < 1.29 is 23.9 Å². The van der Waals surface area contributed by atoms with Crippen molar-refractivity contribution in [3.8, 4) is 0 Å². The highest BCUT2D eigenvalue weighted by Gasteiger charge is 2.62. The Labute approximate surface area is 173 Å². The molecule has 1 heterocycles. The average molecular weight is 419 g/mol. The first-order chi connectivity index (χ1) is 13.8. The highest BCUT2D eigenvalue weighted by Crippen LogP contribution is 2.56. The van der Waals surface area contributed by atoms with Gasteiger partial charge >= 0.3 is 5.97 Å². The van der Waals surface area contributed by atoms with Gasteiger partial charge in [-0.2, -0.15) is 0 Å². The van der Waals surface area contributed by atoms with Crippen LogP contribution in [0.1, 0.15) is 31.7 Å². The first-order valence-corrected chi connectivity index (χ1v) is 10.3. The van der Waals surface area contributed by atoms with E-state index in [1.165, 1.54) is 6.92 Å². The molecule has 1 aromatic rings. The lowest BCUT2D eigenvalue weighted by atomic mass is 9.81. The number of nitrogens with one attached hydrogen (secondary N) is 1. The van der Waals surface area contributed by atoms with Gasteiger partial charge in [0.1, 0.15) is 6.04 Å². The number of anilines is 1. The van der Waals surface area contributed by atoms with E-state index in [0.717, 1.165) is 24.2 Å². The van der Waals surface area contributed by atoms with Crippen LogP contribution in [0.2, 0.25) is 5.02 Å². The maximum absolute atomic E-state index is 12.8. The smallest absolute Gasteiger partial charge is 0.329 e. The van der Waals surface area contributed by atoms with Crippen LogP contribution in [0.25, 0.3) is 0 Å². The van der Waals surface area contributed by atoms with Crippen LogP contribution < -0.4 is 5.32 Å². The molecule has 5 atom stereocenters. The molecule has 1 aromatic carbocycles. The Morgan fingerprint density at radius 3 is 2.45 bits per heavy atom.